The molecule has 2 nitrogen and oxygen atoms in total. The van der Waals surface area contributed by atoms with E-state index in [1.54, 1.807) is 0 Å². The Hall–Kier alpha value is -0.790. The Bertz CT molecular complexity index is 343. The van der Waals surface area contributed by atoms with Crippen LogP contribution >= 0.6 is 0 Å². The van der Waals surface area contributed by atoms with E-state index in [0.717, 1.165) is 0 Å². The topological polar surface area (TPSA) is 19.7 Å². The number of nitrogens with one attached hydrogen (secondary N) is 1. The van der Waals surface area contributed by atoms with Crippen LogP contribution in [0, 0.1) is 6.92 Å². The lowest BCUT2D eigenvalue weighted by Crippen LogP contribution is -2.34. The third-order valence-electron chi connectivity index (χ3n) is 4.73. The molecule has 128 valence electrons. The van der Waals surface area contributed by atoms with Crippen molar-refractivity contribution in [2.45, 2.75) is 110 Å². The monoisotopic (exact) mass is 307 g/mol. The quantitative estimate of drug-likeness (QED) is 0.299. The third-order valence-corrected chi connectivity index (χ3v) is 4.73. The van der Waals surface area contributed by atoms with Crippen molar-refractivity contribution in [3.05, 3.63) is 18.2 Å². The number of nitrogens with zero attached hydrogens (tertiary/aromatic N) is 1. The molecule has 0 aromatic carbocycles. The van der Waals surface area contributed by atoms with Gasteiger partial charge in [-0.1, -0.05) is 84.0 Å². The normalized spacial score (nSPS) is 11.2. The maximum atomic E-state index is 3.23. The van der Waals surface area contributed by atoms with E-state index in [2.05, 4.69) is 29.6 Å². The number of H-pyrrole nitrogens is 1. The van der Waals surface area contributed by atoms with Crippen LogP contribution in [0.5, 0.6) is 0 Å². The predicted octanol–water partition coefficient (Wildman–Crippen LogP) is 6.09. The van der Waals surface area contributed by atoms with Crippen LogP contribution in [-0.2, 0) is 6.54 Å². The van der Waals surface area contributed by atoms with Crippen LogP contribution in [0.15, 0.2) is 12.4 Å². The molecule has 0 aliphatic carbocycles. The van der Waals surface area contributed by atoms with Gasteiger partial charge in [0.25, 0.3) is 5.82 Å². The first-order valence-corrected chi connectivity index (χ1v) is 9.88. The minimum Gasteiger partial charge on any atom is -0.248 e. The summed E-state index contributed by atoms with van der Waals surface area (Å²) in [5.74, 6) is 1.27. The maximum Gasteiger partial charge on any atom is 0.251 e. The zero-order chi connectivity index (χ0) is 15.9. The molecule has 22 heavy (non-hydrogen) atoms. The highest BCUT2D eigenvalue weighted by Gasteiger charge is 2.02. The number of hydrogen-bond acceptors (Lipinski definition) is 0. The van der Waals surface area contributed by atoms with E-state index in [1.807, 2.05) is 6.20 Å². The van der Waals surface area contributed by atoms with Crippen LogP contribution in [0.4, 0.5) is 0 Å². The molecule has 0 aliphatic heterocycles. The lowest BCUT2D eigenvalue weighted by Gasteiger charge is -2.03. The molecular formula is C20H39N2+. The number of unbranched alkanes of at least 4 members (excludes halogenated alkanes) is 13. The summed E-state index contributed by atoms with van der Waals surface area (Å²) in [6, 6.07) is 0. The third kappa shape index (κ3) is 10.0. The molecule has 1 heterocycles. The zero-order valence-corrected chi connectivity index (χ0v) is 15.2. The van der Waals surface area contributed by atoms with Gasteiger partial charge in [-0.05, 0) is 12.8 Å². The van der Waals surface area contributed by atoms with Gasteiger partial charge >= 0.3 is 0 Å². The van der Waals surface area contributed by atoms with E-state index in [-0.39, 0.29) is 0 Å². The molecule has 0 aliphatic rings. The Morgan fingerprint density at radius 3 is 1.59 bits per heavy atom. The van der Waals surface area contributed by atoms with Gasteiger partial charge in [0, 0.05) is 6.92 Å². The molecule has 0 atom stereocenters. The second-order valence-electron chi connectivity index (χ2n) is 6.84. The van der Waals surface area contributed by atoms with E-state index in [9.17, 15) is 0 Å². The lowest BCUT2D eigenvalue weighted by atomic mass is 10.0. The average Bonchev–Trinajstić information content (AvgIpc) is 2.93. The van der Waals surface area contributed by atoms with Crippen LogP contribution in [0.3, 0.4) is 0 Å². The van der Waals surface area contributed by atoms with Crippen molar-refractivity contribution in [2.24, 2.45) is 0 Å². The van der Waals surface area contributed by atoms with Crippen molar-refractivity contribution >= 4 is 0 Å². The molecule has 0 saturated heterocycles. The number of aromatic amines is 1. The van der Waals surface area contributed by atoms with Crippen LogP contribution in [0.1, 0.15) is 103 Å². The van der Waals surface area contributed by atoms with Crippen molar-refractivity contribution in [3.8, 4) is 0 Å². The van der Waals surface area contributed by atoms with Gasteiger partial charge in [-0.25, -0.2) is 9.55 Å². The summed E-state index contributed by atoms with van der Waals surface area (Å²) in [7, 11) is 0. The molecule has 1 aromatic heterocycles. The Labute approximate surface area is 138 Å². The van der Waals surface area contributed by atoms with Crippen molar-refractivity contribution in [1.29, 1.82) is 0 Å². The fourth-order valence-electron chi connectivity index (χ4n) is 3.16. The van der Waals surface area contributed by atoms with Gasteiger partial charge in [0.05, 0.1) is 6.54 Å². The summed E-state index contributed by atoms with van der Waals surface area (Å²) >= 11 is 0. The van der Waals surface area contributed by atoms with E-state index in [4.69, 9.17) is 0 Å². The van der Waals surface area contributed by atoms with Gasteiger partial charge in [0.2, 0.25) is 0 Å². The second-order valence-corrected chi connectivity index (χ2v) is 6.84. The minimum absolute atomic E-state index is 1.17. The molecule has 0 amide bonds. The Kier molecular flexibility index (Phi) is 12.1. The van der Waals surface area contributed by atoms with Crippen molar-refractivity contribution < 1.29 is 4.57 Å². The number of aromatic nitrogens is 2. The van der Waals surface area contributed by atoms with Gasteiger partial charge in [-0.2, -0.15) is 0 Å². The predicted molar refractivity (Wildman–Crippen MR) is 96.0 cm³/mol. The first kappa shape index (κ1) is 19.3. The van der Waals surface area contributed by atoms with Gasteiger partial charge in [0.15, 0.2) is 0 Å². The highest BCUT2D eigenvalue weighted by molar-refractivity contribution is 4.70. The summed E-state index contributed by atoms with van der Waals surface area (Å²) < 4.78 is 2.32. The second kappa shape index (κ2) is 13.8. The molecule has 1 rings (SSSR count). The molecule has 0 unspecified atom stereocenters. The standard InChI is InChI=1S/C20H38N2/c1-3-4-5-6-7-8-9-10-11-12-13-14-15-16-18-22-19-17-21-20(22)2/h17,19H,3-16,18H2,1-2H3/p+1. The zero-order valence-electron chi connectivity index (χ0n) is 15.2. The van der Waals surface area contributed by atoms with Crippen molar-refractivity contribution in [3.63, 3.8) is 0 Å². The SMILES string of the molecule is CCCCCCCCCCCCCCCC[n+]1cc[nH]c1C. The Morgan fingerprint density at radius 2 is 1.18 bits per heavy atom. The summed E-state index contributed by atoms with van der Waals surface area (Å²) in [6.45, 7) is 5.61. The van der Waals surface area contributed by atoms with E-state index < -0.39 is 0 Å². The fourth-order valence-corrected chi connectivity index (χ4v) is 3.16. The molecule has 2 heteroatoms. The molecule has 1 N–H and O–H groups in total. The van der Waals surface area contributed by atoms with Gasteiger partial charge in [-0.15, -0.1) is 0 Å². The van der Waals surface area contributed by atoms with Crippen molar-refractivity contribution in [2.75, 3.05) is 0 Å². The highest BCUT2D eigenvalue weighted by atomic mass is 15.0. The molecule has 0 saturated carbocycles. The Balaban J connectivity index is 1.74. The number of imidazole rings is 1. The maximum absolute atomic E-state index is 3.23. The number of rotatable bonds is 15. The van der Waals surface area contributed by atoms with Crippen LogP contribution in [0.2, 0.25) is 0 Å². The molecule has 0 radical (unpaired) electrons. The summed E-state index contributed by atoms with van der Waals surface area (Å²) in [5, 5.41) is 0. The number of hydrogen-bond donors (Lipinski definition) is 1. The molecule has 1 aromatic rings. The fraction of sp³-hybridized carbons (Fsp3) is 0.850. The van der Waals surface area contributed by atoms with Crippen molar-refractivity contribution in [1.82, 2.24) is 4.98 Å². The Morgan fingerprint density at radius 1 is 0.727 bits per heavy atom. The molecule has 0 bridgehead atoms. The van der Waals surface area contributed by atoms with Crippen LogP contribution in [-0.4, -0.2) is 4.98 Å². The van der Waals surface area contributed by atoms with Gasteiger partial charge in [-0.3, -0.25) is 0 Å². The average molecular weight is 308 g/mol. The lowest BCUT2D eigenvalue weighted by molar-refractivity contribution is -0.702. The first-order chi connectivity index (χ1) is 10.8. The minimum atomic E-state index is 1.17. The summed E-state index contributed by atoms with van der Waals surface area (Å²) in [6.07, 6.45) is 24.2. The first-order valence-electron chi connectivity index (χ1n) is 9.88. The van der Waals surface area contributed by atoms with Gasteiger partial charge in [0.1, 0.15) is 12.4 Å². The van der Waals surface area contributed by atoms with E-state index >= 15 is 0 Å². The molecule has 0 spiro atoms. The van der Waals surface area contributed by atoms with E-state index in [1.165, 1.54) is 102 Å². The molecule has 0 fully saturated rings. The van der Waals surface area contributed by atoms with Crippen LogP contribution in [0.25, 0.3) is 0 Å². The number of aryl methyl sites for hydroxylation is 2. The summed E-state index contributed by atoms with van der Waals surface area (Å²) in [4.78, 5) is 3.23. The molecular weight excluding hydrogens is 268 g/mol. The summed E-state index contributed by atoms with van der Waals surface area (Å²) in [5.41, 5.74) is 0. The van der Waals surface area contributed by atoms with Crippen LogP contribution < -0.4 is 4.57 Å². The smallest absolute Gasteiger partial charge is 0.248 e. The highest BCUT2D eigenvalue weighted by Crippen LogP contribution is 2.12. The largest absolute Gasteiger partial charge is 0.251 e. The van der Waals surface area contributed by atoms with Gasteiger partial charge < -0.3 is 0 Å². The van der Waals surface area contributed by atoms with E-state index in [0.29, 0.717) is 0 Å².